The highest BCUT2D eigenvalue weighted by atomic mass is 35.5. The van der Waals surface area contributed by atoms with Gasteiger partial charge in [0.1, 0.15) is 4.91 Å². The molecule has 1 amide bonds. The van der Waals surface area contributed by atoms with Crippen LogP contribution in [0.5, 0.6) is 0 Å². The standard InChI is InChI=1S/C19H15Cl2N3OS2/c1-10-4-6-12(9-13(10)21)22-19-24(3)17(25)16(27-19)18-23(2)14-8-11(20)5-7-15(14)26-18/h4-9H,1-3H3. The van der Waals surface area contributed by atoms with Crippen LogP contribution in [0.3, 0.4) is 0 Å². The van der Waals surface area contributed by atoms with E-state index in [1.54, 1.807) is 23.7 Å². The average Bonchev–Trinajstić information content (AvgIpc) is 3.10. The van der Waals surface area contributed by atoms with Crippen molar-refractivity contribution in [2.75, 3.05) is 19.0 Å². The number of rotatable bonds is 1. The molecule has 0 saturated carbocycles. The number of amidine groups is 1. The van der Waals surface area contributed by atoms with E-state index in [4.69, 9.17) is 23.2 Å². The van der Waals surface area contributed by atoms with E-state index in [1.807, 2.05) is 55.3 Å². The molecule has 2 aromatic carbocycles. The zero-order chi connectivity index (χ0) is 19.3. The van der Waals surface area contributed by atoms with Crippen molar-refractivity contribution in [3.05, 3.63) is 61.9 Å². The molecule has 1 fully saturated rings. The zero-order valence-electron chi connectivity index (χ0n) is 14.8. The van der Waals surface area contributed by atoms with Crippen molar-refractivity contribution >= 4 is 69.2 Å². The Morgan fingerprint density at radius 1 is 1.00 bits per heavy atom. The lowest BCUT2D eigenvalue weighted by atomic mass is 10.2. The number of hydrogen-bond donors (Lipinski definition) is 0. The Bertz CT molecular complexity index is 1040. The van der Waals surface area contributed by atoms with Crippen molar-refractivity contribution in [1.82, 2.24) is 4.90 Å². The lowest BCUT2D eigenvalue weighted by Crippen LogP contribution is -2.24. The molecule has 0 unspecified atom stereocenters. The van der Waals surface area contributed by atoms with Crippen LogP contribution >= 0.6 is 46.7 Å². The molecule has 0 aliphatic carbocycles. The maximum atomic E-state index is 12.9. The molecule has 4 rings (SSSR count). The van der Waals surface area contributed by atoms with Gasteiger partial charge in [0.15, 0.2) is 5.17 Å². The Morgan fingerprint density at radius 2 is 1.78 bits per heavy atom. The van der Waals surface area contributed by atoms with Crippen molar-refractivity contribution in [2.24, 2.45) is 4.99 Å². The summed E-state index contributed by atoms with van der Waals surface area (Å²) in [5, 5.41) is 2.85. The molecular formula is C19H15Cl2N3OS2. The fourth-order valence-corrected chi connectivity index (χ4v) is 5.41. The van der Waals surface area contributed by atoms with Gasteiger partial charge < -0.3 is 4.90 Å². The van der Waals surface area contributed by atoms with Crippen LogP contribution in [0.15, 0.2) is 56.2 Å². The highest BCUT2D eigenvalue weighted by Gasteiger charge is 2.37. The molecule has 0 bridgehead atoms. The van der Waals surface area contributed by atoms with E-state index in [1.165, 1.54) is 11.8 Å². The summed E-state index contributed by atoms with van der Waals surface area (Å²) in [6, 6.07) is 11.4. The van der Waals surface area contributed by atoms with Gasteiger partial charge in [-0.3, -0.25) is 9.69 Å². The number of carbonyl (C=O) groups excluding carboxylic acids is 1. The van der Waals surface area contributed by atoms with E-state index in [-0.39, 0.29) is 5.91 Å². The van der Waals surface area contributed by atoms with E-state index in [9.17, 15) is 4.79 Å². The Labute approximate surface area is 176 Å². The zero-order valence-corrected chi connectivity index (χ0v) is 17.9. The number of nitrogens with zero attached hydrogens (tertiary/aromatic N) is 3. The number of amides is 1. The molecule has 0 radical (unpaired) electrons. The minimum Gasteiger partial charge on any atom is -0.337 e. The molecule has 2 aromatic rings. The smallest absolute Gasteiger partial charge is 0.269 e. The van der Waals surface area contributed by atoms with Crippen LogP contribution in [0.2, 0.25) is 10.0 Å². The third-order valence-corrected chi connectivity index (χ3v) is 7.47. The summed E-state index contributed by atoms with van der Waals surface area (Å²) in [5.74, 6) is -0.0646. The number of benzene rings is 2. The first-order chi connectivity index (χ1) is 12.8. The highest BCUT2D eigenvalue weighted by molar-refractivity contribution is 8.19. The Kier molecular flexibility index (Phi) is 4.93. The van der Waals surface area contributed by atoms with Crippen LogP contribution in [0.1, 0.15) is 5.56 Å². The van der Waals surface area contributed by atoms with E-state index in [0.717, 1.165) is 26.9 Å². The second kappa shape index (κ2) is 7.09. The molecule has 2 aliphatic rings. The first-order valence-electron chi connectivity index (χ1n) is 8.11. The topological polar surface area (TPSA) is 35.9 Å². The molecule has 0 atom stereocenters. The van der Waals surface area contributed by atoms with Crippen molar-refractivity contribution < 1.29 is 4.79 Å². The Morgan fingerprint density at radius 3 is 2.52 bits per heavy atom. The van der Waals surface area contributed by atoms with Crippen LogP contribution in [-0.4, -0.2) is 30.1 Å². The fourth-order valence-electron chi connectivity index (χ4n) is 2.76. The predicted molar refractivity (Wildman–Crippen MR) is 116 cm³/mol. The second-order valence-corrected chi connectivity index (χ2v) is 9.05. The lowest BCUT2D eigenvalue weighted by molar-refractivity contribution is -0.121. The molecule has 0 aromatic heterocycles. The third-order valence-electron chi connectivity index (χ3n) is 4.35. The van der Waals surface area contributed by atoms with Crippen molar-refractivity contribution in [2.45, 2.75) is 11.8 Å². The van der Waals surface area contributed by atoms with E-state index in [2.05, 4.69) is 4.99 Å². The van der Waals surface area contributed by atoms with E-state index < -0.39 is 0 Å². The second-order valence-electron chi connectivity index (χ2n) is 6.20. The summed E-state index contributed by atoms with van der Waals surface area (Å²) in [6.45, 7) is 1.94. The predicted octanol–water partition coefficient (Wildman–Crippen LogP) is 5.91. The molecule has 2 aliphatic heterocycles. The van der Waals surface area contributed by atoms with Gasteiger partial charge in [-0.2, -0.15) is 0 Å². The van der Waals surface area contributed by atoms with E-state index in [0.29, 0.717) is 20.1 Å². The lowest BCUT2D eigenvalue weighted by Gasteiger charge is -2.14. The molecule has 4 nitrogen and oxygen atoms in total. The molecule has 2 heterocycles. The summed E-state index contributed by atoms with van der Waals surface area (Å²) in [7, 11) is 3.68. The van der Waals surface area contributed by atoms with Gasteiger partial charge in [0.05, 0.1) is 16.4 Å². The van der Waals surface area contributed by atoms with Gasteiger partial charge in [-0.25, -0.2) is 4.99 Å². The van der Waals surface area contributed by atoms with Crippen molar-refractivity contribution in [3.63, 3.8) is 0 Å². The number of aryl methyl sites for hydroxylation is 1. The molecule has 1 saturated heterocycles. The number of likely N-dealkylation sites (N-methyl/N-ethyl adjacent to an activating group) is 1. The summed E-state index contributed by atoms with van der Waals surface area (Å²) in [6.07, 6.45) is 0. The van der Waals surface area contributed by atoms with Gasteiger partial charge in [0.2, 0.25) is 0 Å². The molecule has 0 N–H and O–H groups in total. The number of hydrogen-bond acceptors (Lipinski definition) is 5. The van der Waals surface area contributed by atoms with Gasteiger partial charge in [0.25, 0.3) is 5.91 Å². The largest absolute Gasteiger partial charge is 0.337 e. The Hall–Kier alpha value is -1.60. The number of carbonyl (C=O) groups is 1. The van der Waals surface area contributed by atoms with Crippen molar-refractivity contribution in [3.8, 4) is 0 Å². The van der Waals surface area contributed by atoms with Gasteiger partial charge in [-0.15, -0.1) is 0 Å². The third kappa shape index (κ3) is 3.36. The first-order valence-corrected chi connectivity index (χ1v) is 10.5. The molecule has 138 valence electrons. The maximum absolute atomic E-state index is 12.9. The number of fused-ring (bicyclic) bond motifs is 1. The number of halogens is 2. The van der Waals surface area contributed by atoms with Crippen LogP contribution < -0.4 is 4.90 Å². The van der Waals surface area contributed by atoms with Gasteiger partial charge >= 0.3 is 0 Å². The van der Waals surface area contributed by atoms with Crippen LogP contribution in [0.4, 0.5) is 11.4 Å². The summed E-state index contributed by atoms with van der Waals surface area (Å²) >= 11 is 15.3. The van der Waals surface area contributed by atoms with Gasteiger partial charge in [-0.1, -0.05) is 41.0 Å². The summed E-state index contributed by atoms with van der Waals surface area (Å²) < 4.78 is 0. The normalized spacial score (nSPS) is 20.8. The highest BCUT2D eigenvalue weighted by Crippen LogP contribution is 2.50. The number of aliphatic imine (C=N–C) groups is 1. The van der Waals surface area contributed by atoms with Crippen LogP contribution in [0.25, 0.3) is 0 Å². The summed E-state index contributed by atoms with van der Waals surface area (Å²) in [4.78, 5) is 22.8. The first kappa shape index (κ1) is 18.7. The van der Waals surface area contributed by atoms with Crippen molar-refractivity contribution in [1.29, 1.82) is 0 Å². The molecule has 27 heavy (non-hydrogen) atoms. The fraction of sp³-hybridized carbons (Fsp3) is 0.158. The Balaban J connectivity index is 1.70. The van der Waals surface area contributed by atoms with Gasteiger partial charge in [0, 0.05) is 29.0 Å². The molecular weight excluding hydrogens is 421 g/mol. The molecule has 0 spiro atoms. The van der Waals surface area contributed by atoms with Crippen LogP contribution in [-0.2, 0) is 4.79 Å². The minimum absolute atomic E-state index is 0.0646. The van der Waals surface area contributed by atoms with E-state index >= 15 is 0 Å². The quantitative estimate of drug-likeness (QED) is 0.521. The monoisotopic (exact) mass is 435 g/mol. The van der Waals surface area contributed by atoms with Gasteiger partial charge in [-0.05, 0) is 54.6 Å². The number of thioether (sulfide) groups is 2. The minimum atomic E-state index is -0.0646. The molecule has 8 heteroatoms. The maximum Gasteiger partial charge on any atom is 0.269 e. The summed E-state index contributed by atoms with van der Waals surface area (Å²) in [5.41, 5.74) is 2.72. The van der Waals surface area contributed by atoms with Crippen LogP contribution in [0, 0.1) is 6.92 Å². The SMILES string of the molecule is Cc1ccc(N=C2SC(=C3Sc4ccc(Cl)cc4N3C)C(=O)N2C)cc1Cl. The average molecular weight is 436 g/mol. The number of anilines is 1.